The van der Waals surface area contributed by atoms with Gasteiger partial charge in [0.25, 0.3) is 11.8 Å². The predicted octanol–water partition coefficient (Wildman–Crippen LogP) is 3.78. The van der Waals surface area contributed by atoms with Gasteiger partial charge in [-0.3, -0.25) is 9.59 Å². The molecule has 0 unspecified atom stereocenters. The molecule has 0 radical (unpaired) electrons. The first kappa shape index (κ1) is 21.0. The molecule has 7 heteroatoms. The van der Waals surface area contributed by atoms with Gasteiger partial charge in [0.05, 0.1) is 5.56 Å². The third-order valence-electron chi connectivity index (χ3n) is 4.60. The van der Waals surface area contributed by atoms with Crippen molar-refractivity contribution in [3.8, 4) is 0 Å². The third-order valence-corrected chi connectivity index (χ3v) is 4.60. The molecule has 0 bridgehead atoms. The average molecular weight is 406 g/mol. The Kier molecular flexibility index (Phi) is 6.41. The van der Waals surface area contributed by atoms with E-state index >= 15 is 0 Å². The molecule has 3 rings (SSSR count). The quantitative estimate of drug-likeness (QED) is 0.653. The molecule has 2 N–H and O–H groups in total. The van der Waals surface area contributed by atoms with E-state index in [-0.39, 0.29) is 11.5 Å². The fourth-order valence-corrected chi connectivity index (χ4v) is 2.98. The lowest BCUT2D eigenvalue weighted by molar-refractivity contribution is 0.0949. The second kappa shape index (κ2) is 9.17. The summed E-state index contributed by atoms with van der Waals surface area (Å²) in [6.07, 6.45) is 1.70. The first-order chi connectivity index (χ1) is 14.4. The summed E-state index contributed by atoms with van der Waals surface area (Å²) >= 11 is 0. The van der Waals surface area contributed by atoms with Crippen molar-refractivity contribution in [1.82, 2.24) is 10.3 Å². The van der Waals surface area contributed by atoms with Crippen LogP contribution in [0.15, 0.2) is 60.8 Å². The fourth-order valence-electron chi connectivity index (χ4n) is 2.98. The maximum Gasteiger partial charge on any atom is 0.258 e. The van der Waals surface area contributed by atoms with Crippen LogP contribution in [0.25, 0.3) is 0 Å². The Bertz CT molecular complexity index is 1080. The SMILES string of the molecule is Cc1ccc(C(=O)NCc2cccnc2N(C)C)cc1NC(=O)c1ccccc1F. The number of nitrogens with zero attached hydrogens (tertiary/aromatic N) is 2. The minimum Gasteiger partial charge on any atom is -0.362 e. The molecular formula is C23H23FN4O2. The Hall–Kier alpha value is -3.74. The number of hydrogen-bond donors (Lipinski definition) is 2. The number of carbonyl (C=O) groups is 2. The van der Waals surface area contributed by atoms with E-state index in [1.807, 2.05) is 31.1 Å². The second-order valence-corrected chi connectivity index (χ2v) is 7.03. The molecule has 0 saturated carbocycles. The molecule has 0 aliphatic rings. The molecule has 154 valence electrons. The van der Waals surface area contributed by atoms with Crippen molar-refractivity contribution in [1.29, 1.82) is 0 Å². The summed E-state index contributed by atoms with van der Waals surface area (Å²) in [7, 11) is 3.77. The van der Waals surface area contributed by atoms with Crippen LogP contribution in [-0.2, 0) is 6.54 Å². The van der Waals surface area contributed by atoms with Gasteiger partial charge in [-0.1, -0.05) is 24.3 Å². The molecule has 1 heterocycles. The highest BCUT2D eigenvalue weighted by atomic mass is 19.1. The van der Waals surface area contributed by atoms with Gasteiger partial charge in [0.15, 0.2) is 0 Å². The van der Waals surface area contributed by atoms with Crippen molar-refractivity contribution in [2.24, 2.45) is 0 Å². The molecule has 0 saturated heterocycles. The number of rotatable bonds is 6. The van der Waals surface area contributed by atoms with Crippen molar-refractivity contribution in [3.63, 3.8) is 0 Å². The van der Waals surface area contributed by atoms with E-state index in [9.17, 15) is 14.0 Å². The summed E-state index contributed by atoms with van der Waals surface area (Å²) in [5.41, 5.74) is 2.43. The first-order valence-electron chi connectivity index (χ1n) is 9.42. The highest BCUT2D eigenvalue weighted by Crippen LogP contribution is 2.19. The first-order valence-corrected chi connectivity index (χ1v) is 9.42. The number of aryl methyl sites for hydroxylation is 1. The minimum absolute atomic E-state index is 0.0560. The van der Waals surface area contributed by atoms with Crippen LogP contribution in [0.5, 0.6) is 0 Å². The summed E-state index contributed by atoms with van der Waals surface area (Å²) in [6.45, 7) is 2.11. The van der Waals surface area contributed by atoms with Gasteiger partial charge in [-0.05, 0) is 42.8 Å². The van der Waals surface area contributed by atoms with Crippen molar-refractivity contribution in [2.75, 3.05) is 24.3 Å². The van der Waals surface area contributed by atoms with Crippen LogP contribution < -0.4 is 15.5 Å². The largest absolute Gasteiger partial charge is 0.362 e. The molecule has 2 amide bonds. The van der Waals surface area contributed by atoms with Crippen LogP contribution in [-0.4, -0.2) is 30.9 Å². The Morgan fingerprint density at radius 3 is 2.53 bits per heavy atom. The van der Waals surface area contributed by atoms with Gasteiger partial charge in [-0.2, -0.15) is 0 Å². The molecule has 6 nitrogen and oxygen atoms in total. The molecule has 0 spiro atoms. The molecule has 2 aromatic carbocycles. The van der Waals surface area contributed by atoms with E-state index in [0.29, 0.717) is 17.8 Å². The Morgan fingerprint density at radius 1 is 1.03 bits per heavy atom. The lowest BCUT2D eigenvalue weighted by atomic mass is 10.1. The number of aromatic nitrogens is 1. The Morgan fingerprint density at radius 2 is 1.80 bits per heavy atom. The van der Waals surface area contributed by atoms with E-state index in [4.69, 9.17) is 0 Å². The van der Waals surface area contributed by atoms with E-state index in [1.54, 1.807) is 37.4 Å². The van der Waals surface area contributed by atoms with Crippen molar-refractivity contribution in [3.05, 3.63) is 88.9 Å². The van der Waals surface area contributed by atoms with Gasteiger partial charge in [0, 0.05) is 43.7 Å². The van der Waals surface area contributed by atoms with Gasteiger partial charge in [0.2, 0.25) is 0 Å². The molecule has 1 aromatic heterocycles. The van der Waals surface area contributed by atoms with Crippen LogP contribution >= 0.6 is 0 Å². The third kappa shape index (κ3) is 4.81. The van der Waals surface area contributed by atoms with Gasteiger partial charge >= 0.3 is 0 Å². The van der Waals surface area contributed by atoms with Crippen LogP contribution in [0, 0.1) is 12.7 Å². The topological polar surface area (TPSA) is 74.3 Å². The molecule has 0 aliphatic carbocycles. The molecule has 0 atom stereocenters. The normalized spacial score (nSPS) is 10.4. The summed E-state index contributed by atoms with van der Waals surface area (Å²) in [4.78, 5) is 31.3. The standard InChI is InChI=1S/C23H23FN4O2/c1-15-10-11-16(13-20(15)27-23(30)18-8-4-5-9-19(18)24)22(29)26-14-17-7-6-12-25-21(17)28(2)3/h4-13H,14H2,1-3H3,(H,26,29)(H,27,30). The van der Waals surface area contributed by atoms with Gasteiger partial charge in [0.1, 0.15) is 11.6 Å². The number of anilines is 2. The van der Waals surface area contributed by atoms with E-state index in [2.05, 4.69) is 15.6 Å². The number of benzene rings is 2. The smallest absolute Gasteiger partial charge is 0.258 e. The van der Waals surface area contributed by atoms with E-state index in [0.717, 1.165) is 16.9 Å². The number of hydrogen-bond acceptors (Lipinski definition) is 4. The number of nitrogens with one attached hydrogen (secondary N) is 2. The number of pyridine rings is 1. The maximum absolute atomic E-state index is 13.9. The Balaban J connectivity index is 1.74. The van der Waals surface area contributed by atoms with Crippen LogP contribution in [0.1, 0.15) is 31.8 Å². The number of halogens is 1. The maximum atomic E-state index is 13.9. The molecule has 30 heavy (non-hydrogen) atoms. The molecular weight excluding hydrogens is 383 g/mol. The fraction of sp³-hybridized carbons (Fsp3) is 0.174. The van der Waals surface area contributed by atoms with Crippen LogP contribution in [0.3, 0.4) is 0 Å². The Labute approximate surface area is 174 Å². The predicted molar refractivity (Wildman–Crippen MR) is 115 cm³/mol. The lowest BCUT2D eigenvalue weighted by Gasteiger charge is -2.16. The van der Waals surface area contributed by atoms with Crippen molar-refractivity contribution in [2.45, 2.75) is 13.5 Å². The van der Waals surface area contributed by atoms with Crippen molar-refractivity contribution >= 4 is 23.3 Å². The minimum atomic E-state index is -0.602. The number of carbonyl (C=O) groups excluding carboxylic acids is 2. The lowest BCUT2D eigenvalue weighted by Crippen LogP contribution is -2.25. The van der Waals surface area contributed by atoms with E-state index < -0.39 is 11.7 Å². The van der Waals surface area contributed by atoms with Gasteiger partial charge < -0.3 is 15.5 Å². The number of amides is 2. The second-order valence-electron chi connectivity index (χ2n) is 7.03. The summed E-state index contributed by atoms with van der Waals surface area (Å²) < 4.78 is 13.9. The van der Waals surface area contributed by atoms with Crippen LogP contribution in [0.4, 0.5) is 15.9 Å². The summed E-state index contributed by atoms with van der Waals surface area (Å²) in [5.74, 6) is -0.682. The molecule has 0 aliphatic heterocycles. The van der Waals surface area contributed by atoms with Crippen molar-refractivity contribution < 1.29 is 14.0 Å². The molecule has 0 fully saturated rings. The van der Waals surface area contributed by atoms with E-state index in [1.165, 1.54) is 18.2 Å². The zero-order valence-corrected chi connectivity index (χ0v) is 17.1. The van der Waals surface area contributed by atoms with Crippen LogP contribution in [0.2, 0.25) is 0 Å². The highest BCUT2D eigenvalue weighted by molar-refractivity contribution is 6.05. The highest BCUT2D eigenvalue weighted by Gasteiger charge is 2.14. The monoisotopic (exact) mass is 406 g/mol. The zero-order chi connectivity index (χ0) is 21.7. The van der Waals surface area contributed by atoms with Gasteiger partial charge in [-0.15, -0.1) is 0 Å². The van der Waals surface area contributed by atoms with Gasteiger partial charge in [-0.25, -0.2) is 9.37 Å². The zero-order valence-electron chi connectivity index (χ0n) is 17.1. The molecule has 3 aromatic rings. The summed E-state index contributed by atoms with van der Waals surface area (Å²) in [6, 6.07) is 14.5. The average Bonchev–Trinajstić information content (AvgIpc) is 2.74. The summed E-state index contributed by atoms with van der Waals surface area (Å²) in [5, 5.41) is 5.56.